The van der Waals surface area contributed by atoms with Crippen LogP contribution in [0.15, 0.2) is 11.0 Å². The number of aryl methyl sites for hydroxylation is 1. The lowest BCUT2D eigenvalue weighted by Crippen LogP contribution is -2.42. The van der Waals surface area contributed by atoms with Gasteiger partial charge < -0.3 is 23.4 Å². The first kappa shape index (κ1) is 24.5. The predicted octanol–water partition coefficient (Wildman–Crippen LogP) is 1.09. The van der Waals surface area contributed by atoms with Crippen LogP contribution in [0.3, 0.4) is 0 Å². The van der Waals surface area contributed by atoms with Crippen LogP contribution < -0.4 is 10.1 Å². The van der Waals surface area contributed by atoms with Crippen molar-refractivity contribution in [3.05, 3.63) is 22.2 Å². The predicted molar refractivity (Wildman–Crippen MR) is 109 cm³/mol. The Morgan fingerprint density at radius 3 is 2.16 bits per heavy atom. The van der Waals surface area contributed by atoms with Crippen LogP contribution in [0.1, 0.15) is 32.6 Å². The van der Waals surface area contributed by atoms with Crippen molar-refractivity contribution in [1.82, 2.24) is 9.55 Å². The smallest absolute Gasteiger partial charge is 0.353 e. The molecule has 1 aliphatic heterocycles. The summed E-state index contributed by atoms with van der Waals surface area (Å²) in [6, 6.07) is 0. The summed E-state index contributed by atoms with van der Waals surface area (Å²) in [5, 5.41) is 0. The SMILES string of the molecule is CC(=O)OC[C@H]1O[C@@H](n2cc(C)c(O[Si](C)(C)C)nc2=O)[C@H](OC(C)=O)[C@@H]1OC(C)=O. The highest BCUT2D eigenvalue weighted by atomic mass is 28.4. The van der Waals surface area contributed by atoms with Crippen molar-refractivity contribution in [2.75, 3.05) is 6.61 Å². The summed E-state index contributed by atoms with van der Waals surface area (Å²) in [6.45, 7) is 10.9. The first-order chi connectivity index (χ1) is 14.3. The number of rotatable bonds is 7. The Kier molecular flexibility index (Phi) is 7.60. The molecule has 2 heterocycles. The van der Waals surface area contributed by atoms with E-state index in [0.717, 1.165) is 4.57 Å². The molecule has 1 aromatic heterocycles. The molecule has 4 atom stereocenters. The monoisotopic (exact) mass is 456 g/mol. The summed E-state index contributed by atoms with van der Waals surface area (Å²) in [7, 11) is -2.02. The van der Waals surface area contributed by atoms with Crippen LogP contribution in [0.4, 0.5) is 0 Å². The van der Waals surface area contributed by atoms with Crippen LogP contribution >= 0.6 is 0 Å². The van der Waals surface area contributed by atoms with Crippen molar-refractivity contribution < 1.29 is 37.8 Å². The molecule has 0 aromatic carbocycles. The van der Waals surface area contributed by atoms with E-state index in [0.29, 0.717) is 5.56 Å². The lowest BCUT2D eigenvalue weighted by atomic mass is 10.1. The Bertz CT molecular complexity index is 909. The van der Waals surface area contributed by atoms with Crippen LogP contribution in [0.5, 0.6) is 5.88 Å². The maximum absolute atomic E-state index is 12.8. The highest BCUT2D eigenvalue weighted by Crippen LogP contribution is 2.34. The van der Waals surface area contributed by atoms with Gasteiger partial charge in [-0.15, -0.1) is 0 Å². The molecule has 172 valence electrons. The first-order valence-electron chi connectivity index (χ1n) is 9.70. The Morgan fingerprint density at radius 1 is 1.06 bits per heavy atom. The van der Waals surface area contributed by atoms with Gasteiger partial charge in [-0.05, 0) is 26.6 Å². The largest absolute Gasteiger partial charge is 0.531 e. The van der Waals surface area contributed by atoms with E-state index in [2.05, 4.69) is 4.98 Å². The number of carbonyl (C=O) groups excluding carboxylic acids is 3. The fraction of sp³-hybridized carbons (Fsp3) is 0.632. The van der Waals surface area contributed by atoms with Gasteiger partial charge in [-0.2, -0.15) is 4.98 Å². The second-order valence-corrected chi connectivity index (χ2v) is 12.6. The molecule has 0 radical (unpaired) electrons. The summed E-state index contributed by atoms with van der Waals surface area (Å²) in [5.74, 6) is -1.67. The molecule has 1 fully saturated rings. The summed E-state index contributed by atoms with van der Waals surface area (Å²) >= 11 is 0. The number of esters is 3. The standard InChI is InChI=1S/C19H28N2O9Si/c1-10-8-21(19(25)20-17(10)30-31(5,6)7)18-16(28-13(4)24)15(27-12(3)23)14(29-18)9-26-11(2)22/h8,14-16,18H,9H2,1-7H3/t14-,15-,16-,18-/m1/s1. The molecule has 1 aromatic rings. The van der Waals surface area contributed by atoms with Gasteiger partial charge in [-0.3, -0.25) is 19.0 Å². The molecule has 11 nitrogen and oxygen atoms in total. The fourth-order valence-corrected chi connectivity index (χ4v) is 3.83. The number of carbonyl (C=O) groups is 3. The number of nitrogens with zero attached hydrogens (tertiary/aromatic N) is 2. The molecule has 0 amide bonds. The number of hydrogen-bond acceptors (Lipinski definition) is 10. The Labute approximate surface area is 180 Å². The molecule has 31 heavy (non-hydrogen) atoms. The highest BCUT2D eigenvalue weighted by Gasteiger charge is 2.51. The van der Waals surface area contributed by atoms with Gasteiger partial charge >= 0.3 is 23.6 Å². The molecule has 2 rings (SSSR count). The van der Waals surface area contributed by atoms with Gasteiger partial charge in [0.15, 0.2) is 18.4 Å². The third-order valence-electron chi connectivity index (χ3n) is 4.11. The van der Waals surface area contributed by atoms with Crippen molar-refractivity contribution in [1.29, 1.82) is 0 Å². The van der Waals surface area contributed by atoms with Crippen LogP contribution in [0.25, 0.3) is 0 Å². The summed E-state index contributed by atoms with van der Waals surface area (Å²) in [6.07, 6.45) is -2.91. The van der Waals surface area contributed by atoms with Gasteiger partial charge in [0.05, 0.1) is 0 Å². The van der Waals surface area contributed by atoms with Crippen molar-refractivity contribution in [2.24, 2.45) is 0 Å². The van der Waals surface area contributed by atoms with Crippen molar-refractivity contribution >= 4 is 26.2 Å². The van der Waals surface area contributed by atoms with Gasteiger partial charge in [-0.1, -0.05) is 0 Å². The van der Waals surface area contributed by atoms with E-state index in [1.54, 1.807) is 6.92 Å². The average molecular weight is 457 g/mol. The van der Waals surface area contributed by atoms with E-state index >= 15 is 0 Å². The van der Waals surface area contributed by atoms with E-state index in [4.69, 9.17) is 23.4 Å². The van der Waals surface area contributed by atoms with Crippen LogP contribution in [0.2, 0.25) is 19.6 Å². The minimum absolute atomic E-state index is 0.218. The second-order valence-electron chi connectivity index (χ2n) is 8.15. The third kappa shape index (κ3) is 6.62. The lowest BCUT2D eigenvalue weighted by molar-refractivity contribution is -0.166. The van der Waals surface area contributed by atoms with Gasteiger partial charge in [0.2, 0.25) is 14.2 Å². The van der Waals surface area contributed by atoms with Crippen LogP contribution in [-0.4, -0.2) is 60.7 Å². The zero-order valence-electron chi connectivity index (χ0n) is 18.7. The van der Waals surface area contributed by atoms with Crippen molar-refractivity contribution in [2.45, 2.75) is 71.9 Å². The molecule has 0 bridgehead atoms. The third-order valence-corrected chi connectivity index (χ3v) is 4.91. The van der Waals surface area contributed by atoms with Gasteiger partial charge in [0.1, 0.15) is 12.7 Å². The molecule has 1 saturated heterocycles. The normalized spacial score (nSPS) is 23.2. The minimum atomic E-state index is -2.02. The van der Waals surface area contributed by atoms with E-state index in [-0.39, 0.29) is 12.5 Å². The molecule has 0 aliphatic carbocycles. The molecule has 0 unspecified atom stereocenters. The summed E-state index contributed by atoms with van der Waals surface area (Å²) < 4.78 is 28.5. The summed E-state index contributed by atoms with van der Waals surface area (Å²) in [4.78, 5) is 51.4. The first-order valence-corrected chi connectivity index (χ1v) is 13.1. The Morgan fingerprint density at radius 2 is 1.65 bits per heavy atom. The van der Waals surface area contributed by atoms with E-state index < -0.39 is 56.5 Å². The van der Waals surface area contributed by atoms with Crippen molar-refractivity contribution in [3.63, 3.8) is 0 Å². The zero-order chi connectivity index (χ0) is 23.5. The summed E-state index contributed by atoms with van der Waals surface area (Å²) in [5.41, 5.74) is -0.129. The van der Waals surface area contributed by atoms with E-state index in [1.165, 1.54) is 27.0 Å². The maximum atomic E-state index is 12.8. The lowest BCUT2D eigenvalue weighted by Gasteiger charge is -2.25. The van der Waals surface area contributed by atoms with E-state index in [9.17, 15) is 19.2 Å². The fourth-order valence-electron chi connectivity index (χ4n) is 3.04. The second kappa shape index (κ2) is 9.60. The molecular formula is C19H28N2O9Si. The maximum Gasteiger partial charge on any atom is 0.353 e. The van der Waals surface area contributed by atoms with Gasteiger partial charge in [0, 0.05) is 32.5 Å². The Hall–Kier alpha value is -2.73. The Balaban J connectivity index is 2.47. The molecule has 0 saturated carbocycles. The molecule has 0 N–H and O–H groups in total. The number of hydrogen-bond donors (Lipinski definition) is 0. The molecule has 1 aliphatic rings. The highest BCUT2D eigenvalue weighted by molar-refractivity contribution is 6.70. The molecular weight excluding hydrogens is 428 g/mol. The van der Waals surface area contributed by atoms with Crippen LogP contribution in [0, 0.1) is 6.92 Å². The van der Waals surface area contributed by atoms with Gasteiger partial charge in [-0.25, -0.2) is 4.79 Å². The minimum Gasteiger partial charge on any atom is -0.531 e. The molecule has 0 spiro atoms. The zero-order valence-corrected chi connectivity index (χ0v) is 19.7. The van der Waals surface area contributed by atoms with Crippen molar-refractivity contribution in [3.8, 4) is 5.88 Å². The quantitative estimate of drug-likeness (QED) is 0.333. The van der Waals surface area contributed by atoms with Crippen LogP contribution in [-0.2, 0) is 33.3 Å². The average Bonchev–Trinajstić information content (AvgIpc) is 2.91. The van der Waals surface area contributed by atoms with Gasteiger partial charge in [0.25, 0.3) is 0 Å². The van der Waals surface area contributed by atoms with E-state index in [1.807, 2.05) is 19.6 Å². The number of ether oxygens (including phenoxy) is 4. The molecule has 12 heteroatoms. The number of aromatic nitrogens is 2. The topological polar surface area (TPSA) is 132 Å².